The molecule has 0 saturated heterocycles. The highest BCUT2D eigenvalue weighted by atomic mass is 32.1. The molecule has 7 heteroatoms. The van der Waals surface area contributed by atoms with Crippen molar-refractivity contribution in [1.82, 2.24) is 9.47 Å². The van der Waals surface area contributed by atoms with Crippen molar-refractivity contribution in [2.45, 2.75) is 32.0 Å². The molecule has 23 heavy (non-hydrogen) atoms. The van der Waals surface area contributed by atoms with Crippen LogP contribution in [0, 0.1) is 16.0 Å². The standard InChI is InChI=1S/C16H17N3O3S/c20-15-4-3-12(19(21)22)9-18(15)10-17-7-5-14-13(6-8-23-14)16(17)11-1-2-11/h3-4,6,8-9,11,16H,1-2,5,7,10H2/t16-/m1/s1. The van der Waals surface area contributed by atoms with Crippen molar-refractivity contribution in [2.75, 3.05) is 6.54 Å². The number of fused-ring (bicyclic) bond motifs is 1. The van der Waals surface area contributed by atoms with Crippen LogP contribution in [0.1, 0.15) is 29.3 Å². The summed E-state index contributed by atoms with van der Waals surface area (Å²) in [6.07, 6.45) is 4.79. The first-order chi connectivity index (χ1) is 11.1. The van der Waals surface area contributed by atoms with Crippen LogP contribution in [0.25, 0.3) is 0 Å². The Morgan fingerprint density at radius 1 is 1.30 bits per heavy atom. The third kappa shape index (κ3) is 2.70. The molecule has 0 N–H and O–H groups in total. The van der Waals surface area contributed by atoms with Gasteiger partial charge < -0.3 is 0 Å². The first-order valence-corrected chi connectivity index (χ1v) is 8.66. The predicted octanol–water partition coefficient (Wildman–Crippen LogP) is 2.78. The number of nitro groups is 1. The van der Waals surface area contributed by atoms with E-state index in [9.17, 15) is 14.9 Å². The Kier molecular flexibility index (Phi) is 3.54. The molecule has 3 heterocycles. The van der Waals surface area contributed by atoms with Gasteiger partial charge in [0.05, 0.1) is 17.8 Å². The van der Waals surface area contributed by atoms with Crippen LogP contribution < -0.4 is 5.56 Å². The Labute approximate surface area is 137 Å². The number of thiophene rings is 1. The summed E-state index contributed by atoms with van der Waals surface area (Å²) in [5.74, 6) is 0.651. The van der Waals surface area contributed by atoms with Crippen molar-refractivity contribution >= 4 is 17.0 Å². The number of aromatic nitrogens is 1. The molecule has 1 aliphatic heterocycles. The third-order valence-corrected chi connectivity index (χ3v) is 5.70. The summed E-state index contributed by atoms with van der Waals surface area (Å²) in [5.41, 5.74) is 1.16. The van der Waals surface area contributed by atoms with Crippen LogP contribution in [0.15, 0.2) is 34.6 Å². The zero-order chi connectivity index (χ0) is 16.0. The number of rotatable bonds is 4. The maximum Gasteiger partial charge on any atom is 0.285 e. The van der Waals surface area contributed by atoms with Gasteiger partial charge in [-0.15, -0.1) is 11.3 Å². The summed E-state index contributed by atoms with van der Waals surface area (Å²) >= 11 is 1.81. The van der Waals surface area contributed by atoms with Crippen LogP contribution in [-0.4, -0.2) is 20.9 Å². The van der Waals surface area contributed by atoms with Crippen LogP contribution in [-0.2, 0) is 13.1 Å². The van der Waals surface area contributed by atoms with Crippen LogP contribution in [0.3, 0.4) is 0 Å². The minimum absolute atomic E-state index is 0.0409. The van der Waals surface area contributed by atoms with Crippen molar-refractivity contribution in [3.8, 4) is 0 Å². The average molecular weight is 331 g/mol. The summed E-state index contributed by atoms with van der Waals surface area (Å²) in [7, 11) is 0. The zero-order valence-electron chi connectivity index (χ0n) is 12.6. The highest BCUT2D eigenvalue weighted by Crippen LogP contribution is 2.48. The van der Waals surface area contributed by atoms with Gasteiger partial charge in [0.2, 0.25) is 0 Å². The molecule has 120 valence electrons. The van der Waals surface area contributed by atoms with E-state index in [1.165, 1.54) is 46.2 Å². The lowest BCUT2D eigenvalue weighted by molar-refractivity contribution is -0.385. The molecule has 2 aromatic heterocycles. The number of hydrogen-bond acceptors (Lipinski definition) is 5. The van der Waals surface area contributed by atoms with Crippen molar-refractivity contribution in [1.29, 1.82) is 0 Å². The lowest BCUT2D eigenvalue weighted by atomic mass is 9.96. The fourth-order valence-corrected chi connectivity index (χ4v) is 4.37. The summed E-state index contributed by atoms with van der Waals surface area (Å²) in [6.45, 7) is 1.31. The highest BCUT2D eigenvalue weighted by molar-refractivity contribution is 7.10. The molecule has 0 spiro atoms. The SMILES string of the molecule is O=c1ccc([N+](=O)[O-])cn1CN1CCc2sccc2[C@H]1C1CC1. The van der Waals surface area contributed by atoms with Crippen molar-refractivity contribution in [3.05, 3.63) is 60.7 Å². The Morgan fingerprint density at radius 2 is 2.13 bits per heavy atom. The van der Waals surface area contributed by atoms with Gasteiger partial charge in [-0.2, -0.15) is 0 Å². The van der Waals surface area contributed by atoms with Crippen LogP contribution >= 0.6 is 11.3 Å². The van der Waals surface area contributed by atoms with E-state index in [-0.39, 0.29) is 11.2 Å². The van der Waals surface area contributed by atoms with E-state index in [1.807, 2.05) is 11.3 Å². The molecule has 2 aromatic rings. The Bertz CT molecular complexity index is 809. The monoisotopic (exact) mass is 331 g/mol. The van der Waals surface area contributed by atoms with Gasteiger partial charge in [-0.1, -0.05) is 0 Å². The van der Waals surface area contributed by atoms with Crippen molar-refractivity contribution < 1.29 is 4.92 Å². The first kappa shape index (κ1) is 14.6. The van der Waals surface area contributed by atoms with Crippen LogP contribution in [0.4, 0.5) is 5.69 Å². The normalized spacial score (nSPS) is 21.1. The molecule has 1 saturated carbocycles. The van der Waals surface area contributed by atoms with Gasteiger partial charge >= 0.3 is 0 Å². The molecule has 0 bridgehead atoms. The fourth-order valence-electron chi connectivity index (χ4n) is 3.45. The minimum Gasteiger partial charge on any atom is -0.295 e. The first-order valence-electron chi connectivity index (χ1n) is 7.78. The Balaban J connectivity index is 1.65. The molecule has 1 aliphatic carbocycles. The second-order valence-corrected chi connectivity index (χ2v) is 7.24. The lowest BCUT2D eigenvalue weighted by Crippen LogP contribution is -2.39. The van der Waals surface area contributed by atoms with Gasteiger partial charge in [0.15, 0.2) is 0 Å². The number of pyridine rings is 1. The lowest BCUT2D eigenvalue weighted by Gasteiger charge is -2.36. The zero-order valence-corrected chi connectivity index (χ0v) is 13.4. The van der Waals surface area contributed by atoms with E-state index in [2.05, 4.69) is 16.3 Å². The molecule has 6 nitrogen and oxygen atoms in total. The summed E-state index contributed by atoms with van der Waals surface area (Å²) in [6, 6.07) is 5.09. The van der Waals surface area contributed by atoms with E-state index in [0.29, 0.717) is 18.6 Å². The molecule has 2 aliphatic rings. The molecule has 4 rings (SSSR count). The van der Waals surface area contributed by atoms with Gasteiger partial charge in [-0.25, -0.2) is 0 Å². The van der Waals surface area contributed by atoms with Gasteiger partial charge in [0, 0.05) is 29.6 Å². The van der Waals surface area contributed by atoms with Gasteiger partial charge in [0.1, 0.15) is 0 Å². The van der Waals surface area contributed by atoms with Gasteiger partial charge in [-0.3, -0.25) is 24.4 Å². The van der Waals surface area contributed by atoms with Crippen molar-refractivity contribution in [2.24, 2.45) is 5.92 Å². The third-order valence-electron chi connectivity index (χ3n) is 4.70. The smallest absolute Gasteiger partial charge is 0.285 e. The van der Waals surface area contributed by atoms with E-state index in [0.717, 1.165) is 13.0 Å². The average Bonchev–Trinajstić information content (AvgIpc) is 3.25. The number of hydrogen-bond donors (Lipinski definition) is 0. The Morgan fingerprint density at radius 3 is 2.87 bits per heavy atom. The van der Waals surface area contributed by atoms with E-state index >= 15 is 0 Å². The van der Waals surface area contributed by atoms with E-state index in [1.54, 1.807) is 0 Å². The van der Waals surface area contributed by atoms with Crippen LogP contribution in [0.5, 0.6) is 0 Å². The Hall–Kier alpha value is -1.99. The summed E-state index contributed by atoms with van der Waals surface area (Å²) in [5, 5.41) is 13.1. The fraction of sp³-hybridized carbons (Fsp3) is 0.438. The second-order valence-electron chi connectivity index (χ2n) is 6.24. The molecular weight excluding hydrogens is 314 g/mol. The second kappa shape index (κ2) is 5.58. The van der Waals surface area contributed by atoms with Gasteiger partial charge in [-0.05, 0) is 42.2 Å². The summed E-state index contributed by atoms with van der Waals surface area (Å²) < 4.78 is 1.46. The predicted molar refractivity (Wildman–Crippen MR) is 87.6 cm³/mol. The maximum absolute atomic E-state index is 12.1. The maximum atomic E-state index is 12.1. The minimum atomic E-state index is -0.457. The molecule has 1 atom stereocenters. The topological polar surface area (TPSA) is 68.4 Å². The molecule has 1 fully saturated rings. The van der Waals surface area contributed by atoms with Crippen LogP contribution in [0.2, 0.25) is 0 Å². The molecule has 0 unspecified atom stereocenters. The summed E-state index contributed by atoms with van der Waals surface area (Å²) in [4.78, 5) is 26.3. The van der Waals surface area contributed by atoms with Crippen molar-refractivity contribution in [3.63, 3.8) is 0 Å². The highest BCUT2D eigenvalue weighted by Gasteiger charge is 2.40. The largest absolute Gasteiger partial charge is 0.295 e. The quantitative estimate of drug-likeness (QED) is 0.638. The van der Waals surface area contributed by atoms with E-state index in [4.69, 9.17) is 0 Å². The molecule has 0 amide bonds. The van der Waals surface area contributed by atoms with Gasteiger partial charge in [0.25, 0.3) is 11.2 Å². The number of nitrogens with zero attached hydrogens (tertiary/aromatic N) is 3. The molecule has 0 radical (unpaired) electrons. The molecule has 0 aromatic carbocycles. The van der Waals surface area contributed by atoms with E-state index < -0.39 is 4.92 Å². The molecular formula is C16H17N3O3S.